The molecule has 0 unspecified atom stereocenters. The summed E-state index contributed by atoms with van der Waals surface area (Å²) >= 11 is 0. The minimum absolute atomic E-state index is 0.158. The number of hydrogen-bond acceptors (Lipinski definition) is 10. The zero-order valence-corrected chi connectivity index (χ0v) is 30.0. The summed E-state index contributed by atoms with van der Waals surface area (Å²) in [5, 5.41) is 42.0. The van der Waals surface area contributed by atoms with Gasteiger partial charge in [0.25, 0.3) is 0 Å². The molecule has 4 N–H and O–H groups in total. The molecule has 10 nitrogen and oxygen atoms in total. The number of aryl methyl sites for hydroxylation is 1. The Morgan fingerprint density at radius 3 is 2.29 bits per heavy atom. The molecule has 0 spiro atoms. The molecule has 1 aliphatic heterocycles. The lowest BCUT2D eigenvalue weighted by atomic mass is 9.93. The van der Waals surface area contributed by atoms with Crippen LogP contribution in [0, 0.1) is 32.1 Å². The number of hydrogen-bond donors (Lipinski definition) is 4. The molecule has 0 radical (unpaired) electrons. The molecule has 1 saturated heterocycles. The summed E-state index contributed by atoms with van der Waals surface area (Å²) in [6.45, 7) is 9.70. The van der Waals surface area contributed by atoms with Gasteiger partial charge >= 0.3 is 0 Å². The molecule has 0 amide bonds. The smallest absolute Gasteiger partial charge is 0.128 e. The number of nitrogens with zero attached hydrogens (tertiary/aromatic N) is 3. The monoisotopic (exact) mass is 694 g/mol. The zero-order chi connectivity index (χ0) is 36.2. The quantitative estimate of drug-likeness (QED) is 0.101. The number of aromatic nitrogens is 1. The summed E-state index contributed by atoms with van der Waals surface area (Å²) in [6, 6.07) is 20.1. The minimum atomic E-state index is -1.26. The largest absolute Gasteiger partial charge is 0.493 e. The van der Waals surface area contributed by atoms with Gasteiger partial charge in [0.2, 0.25) is 0 Å². The Bertz CT molecular complexity index is 1790. The standard InChI is InChI=1S/C41H50N4O6/c1-29-17-35(19-40(38(29)23-44-41(26-46,27-47)28-48)51-24-33-18-32(20-42)21-43-22-33)50-25-34-9-6-10-36(30(34)2)37-11-7-12-39(31(37)3)49-16-8-15-45-13-4-5-14-45/h6-7,9-12,17-19,21-22,44,46-48H,4-5,8,13-16,23-28H2,1-3H3. The van der Waals surface area contributed by atoms with E-state index in [0.717, 1.165) is 63.2 Å². The maximum Gasteiger partial charge on any atom is 0.128 e. The van der Waals surface area contributed by atoms with E-state index in [4.69, 9.17) is 14.2 Å². The fourth-order valence-electron chi connectivity index (χ4n) is 6.41. The molecule has 2 heterocycles. The van der Waals surface area contributed by atoms with Crippen LogP contribution < -0.4 is 19.5 Å². The maximum absolute atomic E-state index is 9.86. The molecule has 5 rings (SSSR count). The van der Waals surface area contributed by atoms with E-state index in [-0.39, 0.29) is 13.2 Å². The predicted molar refractivity (Wildman–Crippen MR) is 197 cm³/mol. The number of rotatable bonds is 18. The van der Waals surface area contributed by atoms with E-state index >= 15 is 0 Å². The van der Waals surface area contributed by atoms with Gasteiger partial charge in [-0.2, -0.15) is 5.26 Å². The lowest BCUT2D eigenvalue weighted by Gasteiger charge is -2.29. The lowest BCUT2D eigenvalue weighted by molar-refractivity contribution is 0.0411. The Labute approximate surface area is 301 Å². The van der Waals surface area contributed by atoms with Crippen molar-refractivity contribution >= 4 is 0 Å². The van der Waals surface area contributed by atoms with Crippen LogP contribution in [0.3, 0.4) is 0 Å². The molecule has 3 aromatic carbocycles. The van der Waals surface area contributed by atoms with Gasteiger partial charge in [-0.25, -0.2) is 0 Å². The first kappa shape index (κ1) is 37.7. The molecule has 0 atom stereocenters. The van der Waals surface area contributed by atoms with Gasteiger partial charge in [-0.3, -0.25) is 4.98 Å². The molecule has 0 aliphatic carbocycles. The van der Waals surface area contributed by atoms with Crippen molar-refractivity contribution in [3.05, 3.63) is 106 Å². The SMILES string of the molecule is Cc1cc(OCc2cccc(-c3cccc(OCCCN4CCCC4)c3C)c2C)cc(OCc2cncc(C#N)c2)c1CNC(CO)(CO)CO. The number of nitrogens with one attached hydrogen (secondary N) is 1. The van der Waals surface area contributed by atoms with E-state index in [1.807, 2.05) is 25.1 Å². The Hall–Kier alpha value is -4.50. The maximum atomic E-state index is 9.86. The van der Waals surface area contributed by atoms with Gasteiger partial charge in [0.15, 0.2) is 0 Å². The van der Waals surface area contributed by atoms with Crippen LogP contribution in [0.4, 0.5) is 0 Å². The third-order valence-electron chi connectivity index (χ3n) is 9.76. The van der Waals surface area contributed by atoms with Crippen molar-refractivity contribution in [1.29, 1.82) is 5.26 Å². The number of benzene rings is 3. The molecule has 0 bridgehead atoms. The van der Waals surface area contributed by atoms with Crippen molar-refractivity contribution in [1.82, 2.24) is 15.2 Å². The van der Waals surface area contributed by atoms with Crippen molar-refractivity contribution in [2.24, 2.45) is 0 Å². The molecule has 51 heavy (non-hydrogen) atoms. The van der Waals surface area contributed by atoms with E-state index in [9.17, 15) is 20.6 Å². The van der Waals surface area contributed by atoms with Crippen molar-refractivity contribution in [3.63, 3.8) is 0 Å². The average molecular weight is 695 g/mol. The van der Waals surface area contributed by atoms with Crippen LogP contribution in [-0.2, 0) is 19.8 Å². The molecule has 4 aromatic rings. The second-order valence-electron chi connectivity index (χ2n) is 13.4. The molecule has 0 saturated carbocycles. The van der Waals surface area contributed by atoms with Crippen molar-refractivity contribution in [3.8, 4) is 34.4 Å². The van der Waals surface area contributed by atoms with Gasteiger partial charge in [-0.1, -0.05) is 30.3 Å². The minimum Gasteiger partial charge on any atom is -0.493 e. The first-order chi connectivity index (χ1) is 24.8. The highest BCUT2D eigenvalue weighted by molar-refractivity contribution is 5.73. The Balaban J connectivity index is 1.33. The second-order valence-corrected chi connectivity index (χ2v) is 13.4. The molecule has 1 fully saturated rings. The van der Waals surface area contributed by atoms with E-state index in [1.165, 1.54) is 32.1 Å². The first-order valence-corrected chi connectivity index (χ1v) is 17.6. The highest BCUT2D eigenvalue weighted by Crippen LogP contribution is 2.35. The highest BCUT2D eigenvalue weighted by atomic mass is 16.5. The van der Waals surface area contributed by atoms with Crippen molar-refractivity contribution in [2.45, 2.75) is 65.3 Å². The zero-order valence-electron chi connectivity index (χ0n) is 30.0. The normalized spacial score (nSPS) is 13.3. The second kappa shape index (κ2) is 18.1. The molecule has 1 aliphatic rings. The molecule has 270 valence electrons. The third-order valence-corrected chi connectivity index (χ3v) is 9.76. The number of aliphatic hydroxyl groups excluding tert-OH is 3. The molecular formula is C41H50N4O6. The van der Waals surface area contributed by atoms with E-state index in [1.54, 1.807) is 12.3 Å². The van der Waals surface area contributed by atoms with Crippen LogP contribution in [0.5, 0.6) is 17.2 Å². The Kier molecular flexibility index (Phi) is 13.4. The molecule has 1 aromatic heterocycles. The topological polar surface area (TPSA) is 140 Å². The van der Waals surface area contributed by atoms with Crippen LogP contribution in [0.2, 0.25) is 0 Å². The summed E-state index contributed by atoms with van der Waals surface area (Å²) in [5.74, 6) is 2.05. The Morgan fingerprint density at radius 1 is 0.843 bits per heavy atom. The van der Waals surface area contributed by atoms with Gasteiger partial charge in [0.05, 0.1) is 37.5 Å². The first-order valence-electron chi connectivity index (χ1n) is 17.6. The lowest BCUT2D eigenvalue weighted by Crippen LogP contribution is -2.54. The van der Waals surface area contributed by atoms with E-state index in [2.05, 4.69) is 65.4 Å². The van der Waals surface area contributed by atoms with Gasteiger partial charge in [-0.15, -0.1) is 0 Å². The highest BCUT2D eigenvalue weighted by Gasteiger charge is 2.28. The average Bonchev–Trinajstić information content (AvgIpc) is 3.68. The molecular weight excluding hydrogens is 644 g/mol. The van der Waals surface area contributed by atoms with Crippen molar-refractivity contribution in [2.75, 3.05) is 46.1 Å². The summed E-state index contributed by atoms with van der Waals surface area (Å²) in [6.07, 6.45) is 6.76. The van der Waals surface area contributed by atoms with Crippen LogP contribution in [0.25, 0.3) is 11.1 Å². The summed E-state index contributed by atoms with van der Waals surface area (Å²) in [4.78, 5) is 6.65. The fraction of sp³-hybridized carbons (Fsp3) is 0.415. The summed E-state index contributed by atoms with van der Waals surface area (Å²) < 4.78 is 18.9. The van der Waals surface area contributed by atoms with Gasteiger partial charge in [-0.05, 0) is 105 Å². The fourth-order valence-corrected chi connectivity index (χ4v) is 6.41. The van der Waals surface area contributed by atoms with Gasteiger partial charge < -0.3 is 39.7 Å². The summed E-state index contributed by atoms with van der Waals surface area (Å²) in [5.41, 5.74) is 7.09. The van der Waals surface area contributed by atoms with E-state index < -0.39 is 25.4 Å². The van der Waals surface area contributed by atoms with Gasteiger partial charge in [0, 0.05) is 42.7 Å². The van der Waals surface area contributed by atoms with Gasteiger partial charge in [0.1, 0.15) is 36.5 Å². The van der Waals surface area contributed by atoms with E-state index in [0.29, 0.717) is 30.3 Å². The van der Waals surface area contributed by atoms with Crippen LogP contribution in [-0.4, -0.2) is 76.8 Å². The third kappa shape index (κ3) is 9.64. The predicted octanol–water partition coefficient (Wildman–Crippen LogP) is 5.37. The Morgan fingerprint density at radius 2 is 1.57 bits per heavy atom. The number of likely N-dealkylation sites (tertiary alicyclic amines) is 1. The van der Waals surface area contributed by atoms with Crippen LogP contribution in [0.15, 0.2) is 67.0 Å². The molecule has 10 heteroatoms. The number of pyridine rings is 1. The number of nitriles is 1. The van der Waals surface area contributed by atoms with Crippen LogP contribution >= 0.6 is 0 Å². The van der Waals surface area contributed by atoms with Crippen LogP contribution in [0.1, 0.15) is 58.2 Å². The number of ether oxygens (including phenoxy) is 3. The summed E-state index contributed by atoms with van der Waals surface area (Å²) in [7, 11) is 0. The number of aliphatic hydroxyl groups is 3. The van der Waals surface area contributed by atoms with Crippen molar-refractivity contribution < 1.29 is 29.5 Å².